The van der Waals surface area contributed by atoms with Crippen LogP contribution in [0, 0.1) is 6.92 Å². The Hall–Kier alpha value is -3.97. The number of halogens is 3. The molecule has 11 nitrogen and oxygen atoms in total. The van der Waals surface area contributed by atoms with Crippen LogP contribution in [0.15, 0.2) is 91.9 Å². The maximum absolute atomic E-state index is 14.2. The molecule has 0 N–H and O–H groups in total. The number of likely N-dealkylation sites (tertiary alicyclic amines) is 1. The van der Waals surface area contributed by atoms with Crippen LogP contribution in [-0.4, -0.2) is 83.4 Å². The highest BCUT2D eigenvalue weighted by Crippen LogP contribution is 2.41. The molecule has 0 aliphatic carbocycles. The summed E-state index contributed by atoms with van der Waals surface area (Å²) < 4.78 is 17.1. The van der Waals surface area contributed by atoms with Crippen LogP contribution >= 0.6 is 34.8 Å². The van der Waals surface area contributed by atoms with Gasteiger partial charge in [-0.05, 0) is 55.2 Å². The molecule has 2 aromatic heterocycles. The molecule has 2 amide bonds. The third-order valence-electron chi connectivity index (χ3n) is 10.00. The van der Waals surface area contributed by atoms with Gasteiger partial charge in [0.1, 0.15) is 19.2 Å². The van der Waals surface area contributed by atoms with Crippen molar-refractivity contribution in [2.45, 2.75) is 63.9 Å². The molecule has 2 aliphatic rings. The maximum atomic E-state index is 14.2. The fourth-order valence-corrected chi connectivity index (χ4v) is 8.10. The molecule has 2 saturated heterocycles. The number of benzene rings is 3. The molecule has 0 radical (unpaired) electrons. The van der Waals surface area contributed by atoms with E-state index in [0.717, 1.165) is 35.2 Å². The lowest BCUT2D eigenvalue weighted by molar-refractivity contribution is -0.190. The number of imidazole rings is 1. The molecule has 7 rings (SSSR count). The van der Waals surface area contributed by atoms with Gasteiger partial charge in [0.25, 0.3) is 0 Å². The largest absolute Gasteiger partial charge is 0.342 e. The van der Waals surface area contributed by atoms with Gasteiger partial charge < -0.3 is 23.8 Å². The minimum absolute atomic E-state index is 0.0216. The zero-order valence-electron chi connectivity index (χ0n) is 29.8. The van der Waals surface area contributed by atoms with Crippen molar-refractivity contribution in [3.05, 3.63) is 135 Å². The number of aromatic nitrogens is 5. The van der Waals surface area contributed by atoms with Crippen molar-refractivity contribution in [2.24, 2.45) is 7.05 Å². The Morgan fingerprint density at radius 1 is 0.925 bits per heavy atom. The third kappa shape index (κ3) is 9.05. The molecule has 2 aliphatic heterocycles. The van der Waals surface area contributed by atoms with E-state index in [1.807, 2.05) is 70.3 Å². The standard InChI is InChI=1S/C39H43Cl3N8O3/c1-28-5-3-6-29(15-28)19-49(20-30-7-4-8-31(40)16-30)38(51)47-13-11-33(12-14-47)48(21-34-18-43-26-46(34)2)22-35-23-52-39(53-35,24-50-27-44-25-45-50)36-10-9-32(41)17-37(36)42/h3-10,15-18,25-27,33,35H,11-14,19-24H2,1-2H3/t35-,39-/m1/s1. The van der Waals surface area contributed by atoms with Crippen LogP contribution in [0.5, 0.6) is 0 Å². The van der Waals surface area contributed by atoms with Gasteiger partial charge in [0.2, 0.25) is 5.79 Å². The maximum Gasteiger partial charge on any atom is 0.320 e. The Morgan fingerprint density at radius 2 is 1.68 bits per heavy atom. The molecule has 14 heteroatoms. The van der Waals surface area contributed by atoms with Crippen LogP contribution in [-0.2, 0) is 48.5 Å². The molecule has 2 atom stereocenters. The Balaban J connectivity index is 1.07. The third-order valence-corrected chi connectivity index (χ3v) is 10.8. The summed E-state index contributed by atoms with van der Waals surface area (Å²) in [5.41, 5.74) is 5.02. The number of carbonyl (C=O) groups excluding carboxylic acids is 1. The zero-order chi connectivity index (χ0) is 37.0. The van der Waals surface area contributed by atoms with Crippen LogP contribution in [0.25, 0.3) is 0 Å². The van der Waals surface area contributed by atoms with E-state index in [1.54, 1.807) is 23.1 Å². The van der Waals surface area contributed by atoms with Crippen LogP contribution < -0.4 is 0 Å². The van der Waals surface area contributed by atoms with Crippen molar-refractivity contribution in [2.75, 3.05) is 26.2 Å². The van der Waals surface area contributed by atoms with Gasteiger partial charge >= 0.3 is 6.03 Å². The van der Waals surface area contributed by atoms with E-state index in [0.29, 0.717) is 66.5 Å². The van der Waals surface area contributed by atoms with E-state index in [9.17, 15) is 4.79 Å². The van der Waals surface area contributed by atoms with Gasteiger partial charge in [0, 0.05) is 74.2 Å². The van der Waals surface area contributed by atoms with Gasteiger partial charge in [0.05, 0.1) is 29.8 Å². The second kappa shape index (κ2) is 16.6. The summed E-state index contributed by atoms with van der Waals surface area (Å²) in [6.45, 7) is 6.18. The minimum Gasteiger partial charge on any atom is -0.342 e. The number of hydrogen-bond donors (Lipinski definition) is 0. The number of amides is 2. The fourth-order valence-electron chi connectivity index (χ4n) is 7.34. The van der Waals surface area contributed by atoms with Crippen molar-refractivity contribution >= 4 is 40.8 Å². The SMILES string of the molecule is Cc1cccc(CN(Cc2cccc(Cl)c2)C(=O)N2CCC(N(Cc3cncn3C)C[C@@H]3CO[C@@](Cn4cncn4)(c4ccc(Cl)cc4Cl)O3)CC2)c1. The Morgan fingerprint density at radius 3 is 2.36 bits per heavy atom. The minimum atomic E-state index is -1.18. The van der Waals surface area contributed by atoms with Gasteiger partial charge in [-0.25, -0.2) is 19.4 Å². The first-order valence-electron chi connectivity index (χ1n) is 17.8. The number of ether oxygens (including phenoxy) is 2. The molecule has 0 bridgehead atoms. The molecule has 4 heterocycles. The molecule has 0 unspecified atom stereocenters. The van der Waals surface area contributed by atoms with Gasteiger partial charge in [-0.3, -0.25) is 4.90 Å². The van der Waals surface area contributed by atoms with Gasteiger partial charge in [-0.2, -0.15) is 5.10 Å². The second-order valence-electron chi connectivity index (χ2n) is 13.9. The van der Waals surface area contributed by atoms with Gasteiger partial charge in [-0.15, -0.1) is 0 Å². The number of rotatable bonds is 12. The molecule has 0 saturated carbocycles. The monoisotopic (exact) mass is 776 g/mol. The molecule has 2 fully saturated rings. The van der Waals surface area contributed by atoms with Crippen molar-refractivity contribution in [3.63, 3.8) is 0 Å². The van der Waals surface area contributed by atoms with E-state index in [1.165, 1.54) is 6.33 Å². The molecule has 278 valence electrons. The normalized spacial score (nSPS) is 19.3. The van der Waals surface area contributed by atoms with Crippen molar-refractivity contribution in [1.82, 2.24) is 39.0 Å². The quantitative estimate of drug-likeness (QED) is 0.131. The van der Waals surface area contributed by atoms with Gasteiger partial charge in [0.15, 0.2) is 0 Å². The van der Waals surface area contributed by atoms with Crippen molar-refractivity contribution in [1.29, 1.82) is 0 Å². The number of nitrogens with zero attached hydrogens (tertiary/aromatic N) is 8. The molecular formula is C39H43Cl3N8O3. The van der Waals surface area contributed by atoms with E-state index < -0.39 is 5.79 Å². The first-order valence-corrected chi connectivity index (χ1v) is 18.9. The van der Waals surface area contributed by atoms with Crippen LogP contribution in [0.4, 0.5) is 4.79 Å². The second-order valence-corrected chi connectivity index (χ2v) is 15.2. The predicted octanol–water partition coefficient (Wildman–Crippen LogP) is 7.34. The predicted molar refractivity (Wildman–Crippen MR) is 204 cm³/mol. The summed E-state index contributed by atoms with van der Waals surface area (Å²) in [6.07, 6.45) is 8.17. The van der Waals surface area contributed by atoms with E-state index >= 15 is 0 Å². The number of carbonyl (C=O) groups is 1. The summed E-state index contributed by atoms with van der Waals surface area (Å²) in [4.78, 5) is 29.1. The number of piperidine rings is 1. The van der Waals surface area contributed by atoms with Crippen molar-refractivity contribution in [3.8, 4) is 0 Å². The number of urea groups is 1. The van der Waals surface area contributed by atoms with Crippen molar-refractivity contribution < 1.29 is 14.3 Å². The Labute approximate surface area is 325 Å². The summed E-state index contributed by atoms with van der Waals surface area (Å²) >= 11 is 19.3. The molecule has 0 spiro atoms. The fraction of sp³-hybridized carbons (Fsp3) is 0.385. The Bertz CT molecular complexity index is 1950. The van der Waals surface area contributed by atoms with Crippen LogP contribution in [0.1, 0.15) is 40.8 Å². The summed E-state index contributed by atoms with van der Waals surface area (Å²) in [7, 11) is 2.01. The lowest BCUT2D eigenvalue weighted by Gasteiger charge is -2.41. The first-order chi connectivity index (χ1) is 25.6. The average Bonchev–Trinajstić information content (AvgIpc) is 3.90. The lowest BCUT2D eigenvalue weighted by Crippen LogP contribution is -2.51. The first kappa shape index (κ1) is 37.3. The van der Waals surface area contributed by atoms with Crippen LogP contribution in [0.3, 0.4) is 0 Å². The highest BCUT2D eigenvalue weighted by Gasteiger charge is 2.46. The molecule has 53 heavy (non-hydrogen) atoms. The summed E-state index contributed by atoms with van der Waals surface area (Å²) in [5.74, 6) is -1.18. The average molecular weight is 778 g/mol. The topological polar surface area (TPSA) is 93.8 Å². The zero-order valence-corrected chi connectivity index (χ0v) is 32.1. The molecule has 3 aromatic carbocycles. The number of aryl methyl sites for hydroxylation is 2. The summed E-state index contributed by atoms with van der Waals surface area (Å²) in [6, 6.07) is 21.6. The number of hydrogen-bond acceptors (Lipinski definition) is 7. The van der Waals surface area contributed by atoms with Crippen LogP contribution in [0.2, 0.25) is 15.1 Å². The highest BCUT2D eigenvalue weighted by atomic mass is 35.5. The molecular weight excluding hydrogens is 735 g/mol. The van der Waals surface area contributed by atoms with E-state index in [-0.39, 0.29) is 24.7 Å². The smallest absolute Gasteiger partial charge is 0.320 e. The van der Waals surface area contributed by atoms with E-state index in [4.69, 9.17) is 44.3 Å². The van der Waals surface area contributed by atoms with E-state index in [2.05, 4.69) is 45.1 Å². The highest BCUT2D eigenvalue weighted by molar-refractivity contribution is 6.35. The summed E-state index contributed by atoms with van der Waals surface area (Å²) in [5, 5.41) is 5.95. The lowest BCUT2D eigenvalue weighted by atomic mass is 10.0. The van der Waals surface area contributed by atoms with Gasteiger partial charge in [-0.1, -0.05) is 82.8 Å². The molecule has 5 aromatic rings. The Kier molecular flexibility index (Phi) is 11.7.